The number of amides is 1. The lowest BCUT2D eigenvalue weighted by Crippen LogP contribution is -2.37. The summed E-state index contributed by atoms with van der Waals surface area (Å²) in [6, 6.07) is 12.9. The molecule has 0 spiro atoms. The van der Waals surface area contributed by atoms with Crippen molar-refractivity contribution in [3.63, 3.8) is 0 Å². The minimum absolute atomic E-state index is 0.0302. The largest absolute Gasteiger partial charge is 0.353 e. The van der Waals surface area contributed by atoms with Crippen molar-refractivity contribution in [3.05, 3.63) is 71.6 Å². The maximum atomic E-state index is 11.9. The van der Waals surface area contributed by atoms with Crippen LogP contribution in [-0.4, -0.2) is 42.0 Å². The summed E-state index contributed by atoms with van der Waals surface area (Å²) in [5, 5.41) is 2.99. The maximum absolute atomic E-state index is 11.9. The highest BCUT2D eigenvalue weighted by atomic mass is 16.1. The van der Waals surface area contributed by atoms with Crippen LogP contribution in [0.5, 0.6) is 0 Å². The number of fused-ring (bicyclic) bond motifs is 1. The normalized spacial score (nSPS) is 19.9. The van der Waals surface area contributed by atoms with E-state index in [1.54, 1.807) is 35.7 Å². The lowest BCUT2D eigenvalue weighted by atomic mass is 9.72. The first-order chi connectivity index (χ1) is 15.3. The lowest BCUT2D eigenvalue weighted by Gasteiger charge is -2.38. The first-order valence-electron chi connectivity index (χ1n) is 12.0. The number of aromatic nitrogens is 1. The van der Waals surface area contributed by atoms with Crippen molar-refractivity contribution in [1.29, 1.82) is 0 Å². The molecule has 4 nitrogen and oxygen atoms in total. The van der Waals surface area contributed by atoms with Gasteiger partial charge in [0.25, 0.3) is 0 Å². The number of nitrogens with zero attached hydrogens (tertiary/aromatic N) is 2. The highest BCUT2D eigenvalue weighted by molar-refractivity contribution is 5.91. The molecule has 4 heteroatoms. The van der Waals surface area contributed by atoms with E-state index >= 15 is 0 Å². The molecule has 0 bridgehead atoms. The van der Waals surface area contributed by atoms with Crippen molar-refractivity contribution in [1.82, 2.24) is 15.2 Å². The Morgan fingerprint density at radius 2 is 1.97 bits per heavy atom. The van der Waals surface area contributed by atoms with Gasteiger partial charge in [-0.15, -0.1) is 0 Å². The van der Waals surface area contributed by atoms with Gasteiger partial charge in [-0.05, 0) is 105 Å². The first kappa shape index (κ1) is 21.8. The summed E-state index contributed by atoms with van der Waals surface area (Å²) >= 11 is 0. The van der Waals surface area contributed by atoms with Gasteiger partial charge in [0, 0.05) is 25.0 Å². The number of aryl methyl sites for hydroxylation is 1. The topological polar surface area (TPSA) is 45.2 Å². The van der Waals surface area contributed by atoms with Crippen LogP contribution in [0, 0.1) is 5.92 Å². The van der Waals surface area contributed by atoms with Gasteiger partial charge in [-0.1, -0.05) is 30.3 Å². The fraction of sp³-hybridized carbons (Fsp3) is 0.481. The number of pyridine rings is 1. The second-order valence-electron chi connectivity index (χ2n) is 8.99. The fourth-order valence-electron chi connectivity index (χ4n) is 5.24. The number of piperidine rings is 1. The number of carbonyl (C=O) groups is 1. The third-order valence-electron chi connectivity index (χ3n) is 6.93. The van der Waals surface area contributed by atoms with Crippen LogP contribution in [0.2, 0.25) is 0 Å². The van der Waals surface area contributed by atoms with E-state index in [-0.39, 0.29) is 5.91 Å². The molecule has 2 aromatic rings. The van der Waals surface area contributed by atoms with Crippen molar-refractivity contribution in [2.24, 2.45) is 5.92 Å². The minimum atomic E-state index is -0.0302. The molecule has 1 aliphatic carbocycles. The summed E-state index contributed by atoms with van der Waals surface area (Å²) in [7, 11) is 0. The maximum Gasteiger partial charge on any atom is 0.243 e. The summed E-state index contributed by atoms with van der Waals surface area (Å²) in [5.74, 6) is 1.60. The number of hydrogen-bond donors (Lipinski definition) is 1. The Balaban J connectivity index is 1.11. The molecule has 4 rings (SSSR count). The molecular weight excluding hydrogens is 382 g/mol. The van der Waals surface area contributed by atoms with E-state index in [1.807, 2.05) is 12.1 Å². The highest BCUT2D eigenvalue weighted by Gasteiger charge is 2.30. The molecule has 164 valence electrons. The summed E-state index contributed by atoms with van der Waals surface area (Å²) < 4.78 is 0. The monoisotopic (exact) mass is 417 g/mol. The average Bonchev–Trinajstić information content (AvgIpc) is 2.83. The SMILES string of the molecule is O=C(/C=C/c1cccnc1)NCCCCN1CCC(C2CCCc3ccccc32)CC1. The smallest absolute Gasteiger partial charge is 0.243 e. The van der Waals surface area contributed by atoms with Gasteiger partial charge >= 0.3 is 0 Å². The van der Waals surface area contributed by atoms with Crippen LogP contribution in [-0.2, 0) is 11.2 Å². The van der Waals surface area contributed by atoms with E-state index in [9.17, 15) is 4.79 Å². The second-order valence-corrected chi connectivity index (χ2v) is 8.99. The van der Waals surface area contributed by atoms with E-state index in [4.69, 9.17) is 0 Å². The number of hydrogen-bond acceptors (Lipinski definition) is 3. The molecule has 1 saturated heterocycles. The van der Waals surface area contributed by atoms with E-state index < -0.39 is 0 Å². The molecule has 1 atom stereocenters. The molecule has 31 heavy (non-hydrogen) atoms. The van der Waals surface area contributed by atoms with Crippen molar-refractivity contribution < 1.29 is 4.79 Å². The Kier molecular flexibility index (Phi) is 7.89. The third-order valence-corrected chi connectivity index (χ3v) is 6.93. The van der Waals surface area contributed by atoms with Crippen LogP contribution < -0.4 is 5.32 Å². The number of benzene rings is 1. The predicted octanol–water partition coefficient (Wildman–Crippen LogP) is 4.82. The van der Waals surface area contributed by atoms with Crippen LogP contribution in [0.25, 0.3) is 6.08 Å². The Hall–Kier alpha value is -2.46. The van der Waals surface area contributed by atoms with Crippen LogP contribution in [0.1, 0.15) is 61.1 Å². The Bertz CT molecular complexity index is 856. The molecule has 0 saturated carbocycles. The van der Waals surface area contributed by atoms with Crippen LogP contribution >= 0.6 is 0 Å². The molecule has 0 radical (unpaired) electrons. The van der Waals surface area contributed by atoms with Crippen molar-refractivity contribution >= 4 is 12.0 Å². The predicted molar refractivity (Wildman–Crippen MR) is 127 cm³/mol. The quantitative estimate of drug-likeness (QED) is 0.495. The van der Waals surface area contributed by atoms with Gasteiger partial charge in [0.05, 0.1) is 0 Å². The highest BCUT2D eigenvalue weighted by Crippen LogP contribution is 2.41. The van der Waals surface area contributed by atoms with Crippen LogP contribution in [0.4, 0.5) is 0 Å². The summed E-state index contributed by atoms with van der Waals surface area (Å²) in [6.07, 6.45) is 15.7. The number of rotatable bonds is 8. The van der Waals surface area contributed by atoms with E-state index in [2.05, 4.69) is 39.5 Å². The molecule has 1 unspecified atom stereocenters. The van der Waals surface area contributed by atoms with E-state index in [0.717, 1.165) is 43.3 Å². The molecule has 1 aromatic carbocycles. The van der Waals surface area contributed by atoms with Gasteiger partial charge < -0.3 is 10.2 Å². The third kappa shape index (κ3) is 6.27. The van der Waals surface area contributed by atoms with Gasteiger partial charge in [0.15, 0.2) is 0 Å². The van der Waals surface area contributed by atoms with Crippen molar-refractivity contribution in [3.8, 4) is 0 Å². The molecule has 1 fully saturated rings. The van der Waals surface area contributed by atoms with Crippen molar-refractivity contribution in [2.75, 3.05) is 26.2 Å². The Morgan fingerprint density at radius 3 is 2.81 bits per heavy atom. The minimum Gasteiger partial charge on any atom is -0.353 e. The molecular formula is C27H35N3O. The van der Waals surface area contributed by atoms with Crippen LogP contribution in [0.3, 0.4) is 0 Å². The molecule has 2 heterocycles. The summed E-state index contributed by atoms with van der Waals surface area (Å²) in [4.78, 5) is 18.6. The number of carbonyl (C=O) groups excluding carboxylic acids is 1. The zero-order valence-electron chi connectivity index (χ0n) is 18.5. The number of unbranched alkanes of at least 4 members (excludes halogenated alkanes) is 1. The van der Waals surface area contributed by atoms with Crippen LogP contribution in [0.15, 0.2) is 54.9 Å². The summed E-state index contributed by atoms with van der Waals surface area (Å²) in [6.45, 7) is 4.34. The molecule has 2 aliphatic rings. The van der Waals surface area contributed by atoms with E-state index in [1.165, 1.54) is 45.2 Å². The zero-order chi connectivity index (χ0) is 21.3. The molecule has 1 aliphatic heterocycles. The van der Waals surface area contributed by atoms with E-state index in [0.29, 0.717) is 0 Å². The van der Waals surface area contributed by atoms with Gasteiger partial charge in [-0.25, -0.2) is 0 Å². The first-order valence-corrected chi connectivity index (χ1v) is 12.0. The standard InChI is InChI=1S/C27H35N3O/c31-27(13-12-22-7-6-16-28-21-22)29-17-3-4-18-30-19-14-24(15-20-30)26-11-5-9-23-8-1-2-10-25(23)26/h1-2,6-8,10,12-13,16,21,24,26H,3-5,9,11,14-15,17-20H2,(H,29,31)/b13-12+. The van der Waals surface area contributed by atoms with Gasteiger partial charge in [-0.2, -0.15) is 0 Å². The number of nitrogens with one attached hydrogen (secondary N) is 1. The molecule has 1 amide bonds. The van der Waals surface area contributed by atoms with Gasteiger partial charge in [0.1, 0.15) is 0 Å². The molecule has 1 aromatic heterocycles. The second kappa shape index (κ2) is 11.2. The van der Waals surface area contributed by atoms with Gasteiger partial charge in [0.2, 0.25) is 5.91 Å². The number of likely N-dealkylation sites (tertiary alicyclic amines) is 1. The summed E-state index contributed by atoms with van der Waals surface area (Å²) in [5.41, 5.74) is 4.18. The zero-order valence-corrected chi connectivity index (χ0v) is 18.5. The Labute approximate surface area is 186 Å². The average molecular weight is 418 g/mol. The molecule has 1 N–H and O–H groups in total. The van der Waals surface area contributed by atoms with Crippen molar-refractivity contribution in [2.45, 2.75) is 50.9 Å². The van der Waals surface area contributed by atoms with Gasteiger partial charge in [-0.3, -0.25) is 9.78 Å². The Morgan fingerprint density at radius 1 is 1.10 bits per heavy atom. The lowest BCUT2D eigenvalue weighted by molar-refractivity contribution is -0.116. The fourth-order valence-corrected chi connectivity index (χ4v) is 5.24.